The molecule has 2 aromatic carbocycles. The van der Waals surface area contributed by atoms with Crippen LogP contribution in [0, 0.1) is 16.2 Å². The number of hydrogen-bond donors (Lipinski definition) is 23. The van der Waals surface area contributed by atoms with Crippen LogP contribution in [-0.2, 0) is 56.0 Å². The summed E-state index contributed by atoms with van der Waals surface area (Å²) < 4.78 is 0. The number of nitrogens with one attached hydrogen (secondary N) is 15. The Labute approximate surface area is 517 Å². The van der Waals surface area contributed by atoms with E-state index in [9.17, 15) is 48.3 Å². The predicted molar refractivity (Wildman–Crippen MR) is 335 cm³/mol. The van der Waals surface area contributed by atoms with Gasteiger partial charge in [-0.25, -0.2) is 4.79 Å². The first-order valence-corrected chi connectivity index (χ1v) is 29.9. The minimum atomic E-state index is -1.52. The number of unbranched alkanes of at least 4 members (excludes halogenated alkanes) is 1. The molecule has 0 fully saturated rings. The maximum Gasteiger partial charge on any atom is 0.326 e. The predicted octanol–water partition coefficient (Wildman–Crippen LogP) is -3.58. The van der Waals surface area contributed by atoms with E-state index in [2.05, 4.69) is 105 Å². The summed E-state index contributed by atoms with van der Waals surface area (Å²) in [6.45, 7) is 1.98. The van der Waals surface area contributed by atoms with Gasteiger partial charge in [0.05, 0.1) is 6.04 Å². The summed E-state index contributed by atoms with van der Waals surface area (Å²) in [7, 11) is 0. The molecule has 1 unspecified atom stereocenters. The van der Waals surface area contributed by atoms with Gasteiger partial charge < -0.3 is 97.2 Å². The minimum Gasteiger partial charge on any atom is -0.480 e. The van der Waals surface area contributed by atoms with Crippen molar-refractivity contribution >= 4 is 123 Å². The molecule has 30 nitrogen and oxygen atoms in total. The van der Waals surface area contributed by atoms with E-state index in [1.807, 2.05) is 0 Å². The lowest BCUT2D eigenvalue weighted by Crippen LogP contribution is -2.61. The molecule has 86 heavy (non-hydrogen) atoms. The first-order chi connectivity index (χ1) is 40.9. The van der Waals surface area contributed by atoms with Gasteiger partial charge in [-0.15, -0.1) is 0 Å². The third kappa shape index (κ3) is 26.2. The molecule has 8 amide bonds. The molecule has 0 aliphatic carbocycles. The standard InChI is InChI=1S/C53H83BrN20O10S2/c1-28(67-48(81)40(26-85)73-43(76)33(56)14-9-19-63-51(57)58)42(75)68-35(17-10-20-64-52(59)60)44(77)70-37(21-29-11-3-2-4-12-29)45(78)72-39(23-31(54)25-66-53(61)62)47(80)71-38(22-30-24-65-34-15-6-5-13-32(30)34)46(79)74-41(27-86)49(82)69-36(50(83)84)16-7-8-18-55/h2-6,11-13,15,24,28,31,33,35-41,65,85-86H,7-10,14,16-23,25-27,55-56H2,1H3,(H,67,81)(H,68,75)(H,69,82)(H,70,77)(H,71,80)(H,72,78)(H,73,76)(H,74,79)(H,83,84)(H4,57,58,63)(H4,59,60,64)(H4,61,62,66)/t28-,31?,33+,35+,36+,37-,38-,39+,40+,41+/m1/s1. The fourth-order valence-electron chi connectivity index (χ4n) is 8.51. The van der Waals surface area contributed by atoms with E-state index in [1.165, 1.54) is 6.92 Å². The number of amides is 8. The third-order valence-corrected chi connectivity index (χ3v) is 14.6. The summed E-state index contributed by atoms with van der Waals surface area (Å²) in [5, 5.41) is 61.9. The highest BCUT2D eigenvalue weighted by molar-refractivity contribution is 9.09. The molecule has 3 aromatic rings. The van der Waals surface area contributed by atoms with Crippen LogP contribution in [0.3, 0.4) is 0 Å². The zero-order valence-corrected chi connectivity index (χ0v) is 51.0. The number of guanidine groups is 3. The number of aromatic amines is 1. The van der Waals surface area contributed by atoms with E-state index in [0.29, 0.717) is 47.8 Å². The van der Waals surface area contributed by atoms with Gasteiger partial charge in [-0.2, -0.15) is 25.3 Å². The zero-order chi connectivity index (χ0) is 63.9. The molecule has 0 saturated carbocycles. The van der Waals surface area contributed by atoms with Crippen molar-refractivity contribution < 1.29 is 48.3 Å². The van der Waals surface area contributed by atoms with Crippen LogP contribution in [0.4, 0.5) is 0 Å². The SMILES string of the molecule is C[C@@H](NC(=O)[C@H](CS)NC(=O)[C@@H](N)CCCNC(=N)N)C(=O)N[C@@H](CCCNC(=N)N)C(=O)N[C@H](Cc1ccccc1)C(=O)N[C@@H](CC(Br)CNC(=N)N)C(=O)N[C@H](Cc1c[nH]c2ccccc12)C(=O)N[C@@H](CS)C(=O)N[C@@H](CCCCN)C(=O)O. The molecule has 1 heterocycles. The first-order valence-electron chi connectivity index (χ1n) is 27.7. The smallest absolute Gasteiger partial charge is 0.326 e. The van der Waals surface area contributed by atoms with E-state index in [-0.39, 0.29) is 88.0 Å². The fraction of sp³-hybridized carbons (Fsp3) is 0.509. The normalized spacial score (nSPS) is 14.5. The van der Waals surface area contributed by atoms with E-state index < -0.39 is 118 Å². The number of carbonyl (C=O) groups is 9. The highest BCUT2D eigenvalue weighted by atomic mass is 79.9. The summed E-state index contributed by atoms with van der Waals surface area (Å²) in [5.74, 6) is -9.52. The van der Waals surface area contributed by atoms with Crippen molar-refractivity contribution in [3.05, 3.63) is 71.9 Å². The number of carboxylic acids is 1. The van der Waals surface area contributed by atoms with Gasteiger partial charge in [-0.1, -0.05) is 64.5 Å². The Hall–Kier alpha value is -7.88. The van der Waals surface area contributed by atoms with Gasteiger partial charge in [0.25, 0.3) is 0 Å². The number of rotatable bonds is 39. The van der Waals surface area contributed by atoms with E-state index in [1.54, 1.807) is 60.8 Å². The summed E-state index contributed by atoms with van der Waals surface area (Å²) in [4.78, 5) is 127. The Balaban J connectivity index is 1.99. The van der Waals surface area contributed by atoms with Crippen LogP contribution < -0.4 is 87.2 Å². The number of nitrogens with two attached hydrogens (primary N) is 5. The average Bonchev–Trinajstić information content (AvgIpc) is 3.98. The first kappa shape index (κ1) is 72.4. The zero-order valence-electron chi connectivity index (χ0n) is 47.6. The maximum atomic E-state index is 14.8. The molecular formula is C53H83BrN20O10S2. The van der Waals surface area contributed by atoms with Crippen LogP contribution in [-0.4, -0.2) is 178 Å². The number of fused-ring (bicyclic) bond motifs is 1. The number of aromatic nitrogens is 1. The number of thiol groups is 2. The van der Waals surface area contributed by atoms with Crippen molar-refractivity contribution in [2.24, 2.45) is 28.7 Å². The number of alkyl halides is 1. The topological polar surface area (TPSA) is 524 Å². The quantitative estimate of drug-likeness (QED) is 0.00863. The Morgan fingerprint density at radius 2 is 1.02 bits per heavy atom. The number of H-pyrrole nitrogens is 1. The highest BCUT2D eigenvalue weighted by Crippen LogP contribution is 2.20. The van der Waals surface area contributed by atoms with Crippen LogP contribution in [0.15, 0.2) is 60.8 Å². The number of benzene rings is 2. The second-order valence-corrected chi connectivity index (χ2v) is 22.1. The van der Waals surface area contributed by atoms with Crippen LogP contribution in [0.2, 0.25) is 0 Å². The van der Waals surface area contributed by atoms with Crippen molar-refractivity contribution in [2.45, 2.75) is 130 Å². The van der Waals surface area contributed by atoms with Gasteiger partial charge in [0, 0.05) is 65.9 Å². The summed E-state index contributed by atoms with van der Waals surface area (Å²) >= 11 is 12.0. The van der Waals surface area contributed by atoms with Gasteiger partial charge >= 0.3 is 5.97 Å². The van der Waals surface area contributed by atoms with Gasteiger partial charge in [0.15, 0.2) is 17.9 Å². The molecule has 10 atom stereocenters. The maximum absolute atomic E-state index is 14.8. The molecule has 0 saturated heterocycles. The van der Waals surface area contributed by atoms with Crippen LogP contribution in [0.1, 0.15) is 69.4 Å². The van der Waals surface area contributed by atoms with Crippen molar-refractivity contribution in [3.8, 4) is 0 Å². The van der Waals surface area contributed by atoms with Crippen molar-refractivity contribution in [1.82, 2.24) is 63.5 Å². The molecule has 0 aliphatic rings. The largest absolute Gasteiger partial charge is 0.480 e. The molecule has 1 aromatic heterocycles. The van der Waals surface area contributed by atoms with Gasteiger partial charge in [-0.05, 0) is 82.0 Å². The molecule has 26 N–H and O–H groups in total. The van der Waals surface area contributed by atoms with E-state index in [0.717, 1.165) is 0 Å². The number of hydrogen-bond acceptors (Lipinski definition) is 16. The lowest BCUT2D eigenvalue weighted by Gasteiger charge is -2.28. The number of aliphatic carboxylic acids is 1. The Morgan fingerprint density at radius 3 is 1.60 bits per heavy atom. The number of carboxylic acid groups (broad SMARTS) is 1. The molecule has 0 bridgehead atoms. The molecule has 3 rings (SSSR count). The molecule has 474 valence electrons. The molecule has 0 radical (unpaired) electrons. The van der Waals surface area contributed by atoms with Crippen LogP contribution in [0.5, 0.6) is 0 Å². The summed E-state index contributed by atoms with van der Waals surface area (Å²) in [5.41, 5.74) is 29.8. The molecule has 33 heteroatoms. The van der Waals surface area contributed by atoms with Crippen LogP contribution >= 0.6 is 41.2 Å². The third-order valence-electron chi connectivity index (χ3n) is 13.2. The summed E-state index contributed by atoms with van der Waals surface area (Å²) in [6, 6.07) is 3.52. The van der Waals surface area contributed by atoms with E-state index in [4.69, 9.17) is 44.9 Å². The van der Waals surface area contributed by atoms with E-state index >= 15 is 0 Å². The lowest BCUT2D eigenvalue weighted by atomic mass is 10.0. The Morgan fingerprint density at radius 1 is 0.558 bits per heavy atom. The number of para-hydroxylation sites is 1. The monoisotopic (exact) mass is 1300 g/mol. The highest BCUT2D eigenvalue weighted by Gasteiger charge is 2.36. The number of halogens is 1. The Kier molecular flexibility index (Phi) is 32.2. The number of carbonyl (C=O) groups excluding carboxylic acids is 8. The lowest BCUT2D eigenvalue weighted by molar-refractivity contribution is -0.142. The van der Waals surface area contributed by atoms with Gasteiger partial charge in [0.1, 0.15) is 48.3 Å². The van der Waals surface area contributed by atoms with Crippen molar-refractivity contribution in [3.63, 3.8) is 0 Å². The van der Waals surface area contributed by atoms with Gasteiger partial charge in [0.2, 0.25) is 47.3 Å². The van der Waals surface area contributed by atoms with Gasteiger partial charge in [-0.3, -0.25) is 54.6 Å². The Bertz CT molecular complexity index is 2780. The molecule has 0 spiro atoms. The van der Waals surface area contributed by atoms with Crippen molar-refractivity contribution in [2.75, 3.05) is 37.7 Å². The molecular weight excluding hydrogens is 1220 g/mol. The average molecular weight is 1300 g/mol. The van der Waals surface area contributed by atoms with Crippen molar-refractivity contribution in [1.29, 1.82) is 16.2 Å². The fourth-order valence-corrected chi connectivity index (χ4v) is 9.56. The second-order valence-electron chi connectivity index (χ2n) is 20.1. The summed E-state index contributed by atoms with van der Waals surface area (Å²) in [6.07, 6.45) is 2.66. The second kappa shape index (κ2) is 38.2. The molecule has 0 aliphatic heterocycles. The van der Waals surface area contributed by atoms with Crippen LogP contribution in [0.25, 0.3) is 10.9 Å². The minimum absolute atomic E-state index is 0.0281.